The van der Waals surface area contributed by atoms with Crippen molar-refractivity contribution in [3.63, 3.8) is 0 Å². The molecule has 1 aliphatic rings. The van der Waals surface area contributed by atoms with Gasteiger partial charge in [-0.25, -0.2) is 12.8 Å². The summed E-state index contributed by atoms with van der Waals surface area (Å²) in [5, 5.41) is 4.86. The number of hydrogen-bond donors (Lipinski definition) is 2. The van der Waals surface area contributed by atoms with E-state index in [1.807, 2.05) is 0 Å². The summed E-state index contributed by atoms with van der Waals surface area (Å²) in [4.78, 5) is 36.3. The van der Waals surface area contributed by atoms with Gasteiger partial charge in [-0.15, -0.1) is 0 Å². The number of anilines is 1. The summed E-state index contributed by atoms with van der Waals surface area (Å²) in [7, 11) is -3.66. The van der Waals surface area contributed by atoms with Crippen LogP contribution in [0.5, 0.6) is 0 Å². The lowest BCUT2D eigenvalue weighted by Crippen LogP contribution is -2.40. The standard InChI is InChI=1S/C22H24FN3O7S/c1-15(33-20(27)14-24-22(29)16-2-4-17(23)5-3-16)21(28)25-18-6-8-19(9-7-18)34(30,31)26-10-12-32-13-11-26/h2-9,15H,10-14H2,1H3,(H,24,29)(H,25,28)/t15-/m1/s1. The van der Waals surface area contributed by atoms with Crippen molar-refractivity contribution in [2.45, 2.75) is 17.9 Å². The number of amides is 2. The molecular formula is C22H24FN3O7S. The zero-order valence-electron chi connectivity index (χ0n) is 18.3. The SMILES string of the molecule is C[C@@H](OC(=O)CNC(=O)c1ccc(F)cc1)C(=O)Nc1ccc(S(=O)(=O)N2CCOCC2)cc1. The number of rotatable bonds is 8. The first-order chi connectivity index (χ1) is 16.2. The lowest BCUT2D eigenvalue weighted by molar-refractivity contribution is -0.152. The summed E-state index contributed by atoms with van der Waals surface area (Å²) in [6, 6.07) is 10.4. The van der Waals surface area contributed by atoms with Crippen molar-refractivity contribution in [1.29, 1.82) is 0 Å². The van der Waals surface area contributed by atoms with Crippen molar-refractivity contribution in [2.75, 3.05) is 38.2 Å². The average Bonchev–Trinajstić information content (AvgIpc) is 2.84. The van der Waals surface area contributed by atoms with Crippen molar-refractivity contribution >= 4 is 33.5 Å². The van der Waals surface area contributed by atoms with Gasteiger partial charge in [-0.05, 0) is 55.5 Å². The van der Waals surface area contributed by atoms with E-state index in [0.717, 1.165) is 12.1 Å². The Hall–Kier alpha value is -3.35. The summed E-state index contributed by atoms with van der Waals surface area (Å²) < 4.78 is 49.7. The van der Waals surface area contributed by atoms with E-state index in [0.29, 0.717) is 18.9 Å². The number of nitrogens with zero attached hydrogens (tertiary/aromatic N) is 1. The molecule has 2 N–H and O–H groups in total. The van der Waals surface area contributed by atoms with Crippen LogP contribution in [0.15, 0.2) is 53.4 Å². The maximum absolute atomic E-state index is 12.9. The molecule has 0 aromatic heterocycles. The summed E-state index contributed by atoms with van der Waals surface area (Å²) in [5.41, 5.74) is 0.484. The average molecular weight is 494 g/mol. The lowest BCUT2D eigenvalue weighted by Gasteiger charge is -2.26. The fraction of sp³-hybridized carbons (Fsp3) is 0.318. The Bertz CT molecular complexity index is 1130. The molecule has 1 heterocycles. The number of ether oxygens (including phenoxy) is 2. The maximum Gasteiger partial charge on any atom is 0.326 e. The second-order valence-corrected chi connectivity index (χ2v) is 9.29. The van der Waals surface area contributed by atoms with Crippen LogP contribution < -0.4 is 10.6 Å². The van der Waals surface area contributed by atoms with Crippen molar-refractivity contribution in [3.05, 3.63) is 59.9 Å². The Balaban J connectivity index is 1.48. The molecule has 0 saturated carbocycles. The highest BCUT2D eigenvalue weighted by Crippen LogP contribution is 2.19. The van der Waals surface area contributed by atoms with Gasteiger partial charge in [-0.3, -0.25) is 14.4 Å². The molecule has 2 amide bonds. The van der Waals surface area contributed by atoms with Crippen LogP contribution in [0.3, 0.4) is 0 Å². The molecule has 1 atom stereocenters. The largest absolute Gasteiger partial charge is 0.451 e. The van der Waals surface area contributed by atoms with Crippen molar-refractivity contribution in [1.82, 2.24) is 9.62 Å². The highest BCUT2D eigenvalue weighted by Gasteiger charge is 2.26. The van der Waals surface area contributed by atoms with E-state index in [2.05, 4.69) is 10.6 Å². The van der Waals surface area contributed by atoms with E-state index in [9.17, 15) is 27.2 Å². The zero-order chi connectivity index (χ0) is 24.7. The molecule has 0 radical (unpaired) electrons. The predicted octanol–water partition coefficient (Wildman–Crippen LogP) is 1.15. The van der Waals surface area contributed by atoms with E-state index in [4.69, 9.17) is 9.47 Å². The molecular weight excluding hydrogens is 469 g/mol. The van der Waals surface area contributed by atoms with Crippen molar-refractivity contribution in [2.24, 2.45) is 0 Å². The van der Waals surface area contributed by atoms with Gasteiger partial charge in [0.1, 0.15) is 12.4 Å². The third-order valence-corrected chi connectivity index (χ3v) is 6.82. The molecule has 0 unspecified atom stereocenters. The zero-order valence-corrected chi connectivity index (χ0v) is 19.1. The topological polar surface area (TPSA) is 131 Å². The van der Waals surface area contributed by atoms with Crippen LogP contribution in [0, 0.1) is 5.82 Å². The van der Waals surface area contributed by atoms with Crippen LogP contribution in [0.1, 0.15) is 17.3 Å². The van der Waals surface area contributed by atoms with Gasteiger partial charge in [-0.2, -0.15) is 4.31 Å². The van der Waals surface area contributed by atoms with Crippen LogP contribution in [0.2, 0.25) is 0 Å². The van der Waals surface area contributed by atoms with Crippen LogP contribution in [-0.2, 0) is 29.1 Å². The van der Waals surface area contributed by atoms with Gasteiger partial charge in [-0.1, -0.05) is 0 Å². The van der Waals surface area contributed by atoms with Crippen molar-refractivity contribution < 1.29 is 36.7 Å². The molecule has 2 aromatic carbocycles. The molecule has 10 nitrogen and oxygen atoms in total. The first kappa shape index (κ1) is 25.3. The second-order valence-electron chi connectivity index (χ2n) is 7.35. The summed E-state index contributed by atoms with van der Waals surface area (Å²) in [6.45, 7) is 2.08. The van der Waals surface area contributed by atoms with Gasteiger partial charge in [0.2, 0.25) is 10.0 Å². The first-order valence-corrected chi connectivity index (χ1v) is 11.8. The van der Waals surface area contributed by atoms with E-state index in [1.54, 1.807) is 0 Å². The quantitative estimate of drug-likeness (QED) is 0.528. The molecule has 2 aromatic rings. The van der Waals surface area contributed by atoms with Gasteiger partial charge in [0.25, 0.3) is 11.8 Å². The fourth-order valence-electron chi connectivity index (χ4n) is 3.04. The number of carbonyl (C=O) groups is 3. The Morgan fingerprint density at radius 2 is 1.68 bits per heavy atom. The van der Waals surface area contributed by atoms with Gasteiger partial charge >= 0.3 is 5.97 Å². The minimum atomic E-state index is -3.66. The number of halogens is 1. The number of benzene rings is 2. The summed E-state index contributed by atoms with van der Waals surface area (Å²) in [5.74, 6) is -2.57. The smallest absolute Gasteiger partial charge is 0.326 e. The van der Waals surface area contributed by atoms with E-state index < -0.39 is 46.3 Å². The third-order valence-electron chi connectivity index (χ3n) is 4.91. The Morgan fingerprint density at radius 1 is 1.06 bits per heavy atom. The molecule has 1 aliphatic heterocycles. The molecule has 0 spiro atoms. The second kappa shape index (κ2) is 11.2. The molecule has 0 aliphatic carbocycles. The minimum Gasteiger partial charge on any atom is -0.451 e. The molecule has 3 rings (SSSR count). The summed E-state index contributed by atoms with van der Waals surface area (Å²) >= 11 is 0. The van der Waals surface area contributed by atoms with Crippen LogP contribution in [0.25, 0.3) is 0 Å². The molecule has 12 heteroatoms. The van der Waals surface area contributed by atoms with E-state index >= 15 is 0 Å². The number of sulfonamides is 1. The number of morpholine rings is 1. The van der Waals surface area contributed by atoms with E-state index in [1.165, 1.54) is 47.6 Å². The Labute approximate surface area is 196 Å². The normalized spacial score (nSPS) is 15.2. The van der Waals surface area contributed by atoms with Gasteiger partial charge in [0.15, 0.2) is 6.10 Å². The lowest BCUT2D eigenvalue weighted by atomic mass is 10.2. The van der Waals surface area contributed by atoms with Crippen LogP contribution in [-0.4, -0.2) is 69.5 Å². The third kappa shape index (κ3) is 6.59. The molecule has 0 bridgehead atoms. The monoisotopic (exact) mass is 493 g/mol. The number of nitrogens with one attached hydrogen (secondary N) is 2. The fourth-order valence-corrected chi connectivity index (χ4v) is 4.45. The molecule has 34 heavy (non-hydrogen) atoms. The highest BCUT2D eigenvalue weighted by atomic mass is 32.2. The summed E-state index contributed by atoms with van der Waals surface area (Å²) in [6.07, 6.45) is -1.17. The van der Waals surface area contributed by atoms with Gasteiger partial charge in [0.05, 0.1) is 18.1 Å². The Morgan fingerprint density at radius 3 is 2.29 bits per heavy atom. The maximum atomic E-state index is 12.9. The first-order valence-electron chi connectivity index (χ1n) is 10.4. The predicted molar refractivity (Wildman–Crippen MR) is 119 cm³/mol. The number of esters is 1. The molecule has 1 saturated heterocycles. The van der Waals surface area contributed by atoms with Crippen molar-refractivity contribution in [3.8, 4) is 0 Å². The minimum absolute atomic E-state index is 0.0868. The van der Waals surface area contributed by atoms with Crippen LogP contribution in [0.4, 0.5) is 10.1 Å². The molecule has 182 valence electrons. The molecule has 1 fully saturated rings. The Kier molecular flexibility index (Phi) is 8.31. The van der Waals surface area contributed by atoms with Gasteiger partial charge in [0, 0.05) is 24.3 Å². The highest BCUT2D eigenvalue weighted by molar-refractivity contribution is 7.89. The number of hydrogen-bond acceptors (Lipinski definition) is 7. The van der Waals surface area contributed by atoms with Crippen LogP contribution >= 0.6 is 0 Å². The number of carbonyl (C=O) groups excluding carboxylic acids is 3. The van der Waals surface area contributed by atoms with Gasteiger partial charge < -0.3 is 20.1 Å². The van der Waals surface area contributed by atoms with E-state index in [-0.39, 0.29) is 23.5 Å².